The summed E-state index contributed by atoms with van der Waals surface area (Å²) in [6, 6.07) is 12.4. The summed E-state index contributed by atoms with van der Waals surface area (Å²) in [6.45, 7) is 3.40. The second kappa shape index (κ2) is 8.10. The average molecular weight is 377 g/mol. The van der Waals surface area contributed by atoms with Crippen LogP contribution in [0.25, 0.3) is 0 Å². The van der Waals surface area contributed by atoms with E-state index in [-0.39, 0.29) is 17.8 Å². The Morgan fingerprint density at radius 2 is 1.70 bits per heavy atom. The minimum atomic E-state index is -4.48. The van der Waals surface area contributed by atoms with Gasteiger partial charge < -0.3 is 10.2 Å². The lowest BCUT2D eigenvalue weighted by Crippen LogP contribution is -2.44. The molecule has 1 saturated heterocycles. The summed E-state index contributed by atoms with van der Waals surface area (Å²) < 4.78 is 40.7. The summed E-state index contributed by atoms with van der Waals surface area (Å²) >= 11 is 0. The van der Waals surface area contributed by atoms with Crippen molar-refractivity contribution in [2.45, 2.75) is 12.7 Å². The molecule has 1 heterocycles. The summed E-state index contributed by atoms with van der Waals surface area (Å²) in [5, 5.41) is 2.55. The van der Waals surface area contributed by atoms with Crippen LogP contribution in [0.3, 0.4) is 0 Å². The highest BCUT2D eigenvalue weighted by molar-refractivity contribution is 6.04. The zero-order valence-electron chi connectivity index (χ0n) is 15.1. The maximum Gasteiger partial charge on any atom is 0.416 e. The smallest absolute Gasteiger partial charge is 0.322 e. The molecule has 1 aliphatic rings. The molecule has 0 aliphatic carbocycles. The van der Waals surface area contributed by atoms with Crippen LogP contribution < -0.4 is 5.32 Å². The molecular formula is C20H22F3N3O. The zero-order chi connectivity index (χ0) is 19.4. The summed E-state index contributed by atoms with van der Waals surface area (Å²) in [5.41, 5.74) is 0.0583. The maximum absolute atomic E-state index is 13.6. The van der Waals surface area contributed by atoms with E-state index in [1.807, 2.05) is 11.9 Å². The predicted octanol–water partition coefficient (Wildman–Crippen LogP) is 3.71. The van der Waals surface area contributed by atoms with Crippen molar-refractivity contribution in [1.82, 2.24) is 9.80 Å². The standard InChI is InChI=1S/C20H22F3N3O/c1-25-9-11-26(12-10-25)14-16-7-8-17(13-18(16)20(21,22)23)24-19(27)15-5-3-2-4-6-15/h2-8,13H,9-12,14H2,1H3,(H,24,27). The van der Waals surface area contributed by atoms with E-state index >= 15 is 0 Å². The van der Waals surface area contributed by atoms with Gasteiger partial charge in [-0.2, -0.15) is 13.2 Å². The van der Waals surface area contributed by atoms with Crippen LogP contribution in [0.2, 0.25) is 0 Å². The minimum Gasteiger partial charge on any atom is -0.322 e. The van der Waals surface area contributed by atoms with Crippen LogP contribution in [-0.2, 0) is 12.7 Å². The molecule has 144 valence electrons. The molecule has 0 radical (unpaired) electrons. The van der Waals surface area contributed by atoms with Crippen molar-refractivity contribution in [2.24, 2.45) is 0 Å². The molecular weight excluding hydrogens is 355 g/mol. The van der Waals surface area contributed by atoms with Crippen LogP contribution >= 0.6 is 0 Å². The Labute approximate surface area is 156 Å². The van der Waals surface area contributed by atoms with Gasteiger partial charge in [0.25, 0.3) is 5.91 Å². The monoisotopic (exact) mass is 377 g/mol. The Balaban J connectivity index is 1.78. The van der Waals surface area contributed by atoms with E-state index in [2.05, 4.69) is 10.2 Å². The first kappa shape index (κ1) is 19.4. The lowest BCUT2D eigenvalue weighted by atomic mass is 10.0. The number of piperazine rings is 1. The van der Waals surface area contributed by atoms with Gasteiger partial charge in [-0.1, -0.05) is 24.3 Å². The number of nitrogens with zero attached hydrogens (tertiary/aromatic N) is 2. The summed E-state index contributed by atoms with van der Waals surface area (Å²) in [5.74, 6) is -0.435. The van der Waals surface area contributed by atoms with Gasteiger partial charge in [-0.25, -0.2) is 0 Å². The zero-order valence-corrected chi connectivity index (χ0v) is 15.1. The number of carbonyl (C=O) groups is 1. The fraction of sp³-hybridized carbons (Fsp3) is 0.350. The Morgan fingerprint density at radius 3 is 2.33 bits per heavy atom. The number of nitrogens with one attached hydrogen (secondary N) is 1. The highest BCUT2D eigenvalue weighted by Crippen LogP contribution is 2.34. The van der Waals surface area contributed by atoms with Crippen molar-refractivity contribution in [3.05, 3.63) is 65.2 Å². The van der Waals surface area contributed by atoms with Gasteiger partial charge in [-0.05, 0) is 36.9 Å². The molecule has 27 heavy (non-hydrogen) atoms. The Bertz CT molecular complexity index is 785. The van der Waals surface area contributed by atoms with Crippen molar-refractivity contribution in [1.29, 1.82) is 0 Å². The van der Waals surface area contributed by atoms with Gasteiger partial charge in [-0.15, -0.1) is 0 Å². The first-order valence-electron chi connectivity index (χ1n) is 8.80. The molecule has 1 amide bonds. The van der Waals surface area contributed by atoms with E-state index < -0.39 is 17.6 Å². The molecule has 0 atom stereocenters. The number of alkyl halides is 3. The van der Waals surface area contributed by atoms with Crippen LogP contribution in [0.15, 0.2) is 48.5 Å². The Kier molecular flexibility index (Phi) is 5.82. The van der Waals surface area contributed by atoms with E-state index in [0.29, 0.717) is 5.56 Å². The first-order chi connectivity index (χ1) is 12.8. The SMILES string of the molecule is CN1CCN(Cc2ccc(NC(=O)c3ccccc3)cc2C(F)(F)F)CC1. The molecule has 2 aromatic rings. The molecule has 0 unspecified atom stereocenters. The number of halogens is 3. The lowest BCUT2D eigenvalue weighted by molar-refractivity contribution is -0.138. The topological polar surface area (TPSA) is 35.6 Å². The molecule has 2 aromatic carbocycles. The summed E-state index contributed by atoms with van der Waals surface area (Å²) in [4.78, 5) is 16.4. The van der Waals surface area contributed by atoms with Gasteiger partial charge in [0.05, 0.1) is 5.56 Å². The number of amides is 1. The Hall–Kier alpha value is -2.38. The van der Waals surface area contributed by atoms with E-state index in [1.54, 1.807) is 30.3 Å². The van der Waals surface area contributed by atoms with Gasteiger partial charge in [-0.3, -0.25) is 9.69 Å². The molecule has 1 fully saturated rings. The normalized spacial score (nSPS) is 16.3. The molecule has 0 bridgehead atoms. The lowest BCUT2D eigenvalue weighted by Gasteiger charge is -2.33. The molecule has 3 rings (SSSR count). The third-order valence-electron chi connectivity index (χ3n) is 4.70. The predicted molar refractivity (Wildman–Crippen MR) is 98.6 cm³/mol. The minimum absolute atomic E-state index is 0.137. The second-order valence-electron chi connectivity index (χ2n) is 6.77. The fourth-order valence-corrected chi connectivity index (χ4v) is 3.10. The van der Waals surface area contributed by atoms with E-state index in [0.717, 1.165) is 32.2 Å². The molecule has 7 heteroatoms. The molecule has 1 N–H and O–H groups in total. The van der Waals surface area contributed by atoms with Crippen molar-refractivity contribution in [2.75, 3.05) is 38.5 Å². The average Bonchev–Trinajstić information content (AvgIpc) is 2.64. The van der Waals surface area contributed by atoms with Crippen molar-refractivity contribution in [3.8, 4) is 0 Å². The number of hydrogen-bond donors (Lipinski definition) is 1. The fourth-order valence-electron chi connectivity index (χ4n) is 3.10. The largest absolute Gasteiger partial charge is 0.416 e. The van der Waals surface area contributed by atoms with E-state index in [4.69, 9.17) is 0 Å². The Morgan fingerprint density at radius 1 is 1.04 bits per heavy atom. The molecule has 0 spiro atoms. The highest BCUT2D eigenvalue weighted by atomic mass is 19.4. The molecule has 0 saturated carbocycles. The molecule has 0 aromatic heterocycles. The third kappa shape index (κ3) is 5.08. The quantitative estimate of drug-likeness (QED) is 0.883. The van der Waals surface area contributed by atoms with E-state index in [1.165, 1.54) is 12.1 Å². The number of hydrogen-bond acceptors (Lipinski definition) is 3. The molecule has 1 aliphatic heterocycles. The summed E-state index contributed by atoms with van der Waals surface area (Å²) in [7, 11) is 2.00. The second-order valence-corrected chi connectivity index (χ2v) is 6.77. The number of likely N-dealkylation sites (N-methyl/N-ethyl adjacent to an activating group) is 1. The number of anilines is 1. The van der Waals surface area contributed by atoms with Gasteiger partial charge in [0.1, 0.15) is 0 Å². The van der Waals surface area contributed by atoms with Crippen molar-refractivity contribution >= 4 is 11.6 Å². The molecule has 4 nitrogen and oxygen atoms in total. The third-order valence-corrected chi connectivity index (χ3v) is 4.70. The van der Waals surface area contributed by atoms with Crippen LogP contribution in [-0.4, -0.2) is 48.9 Å². The van der Waals surface area contributed by atoms with Gasteiger partial charge in [0, 0.05) is 44.0 Å². The highest BCUT2D eigenvalue weighted by Gasteiger charge is 2.34. The van der Waals surface area contributed by atoms with Crippen LogP contribution in [0, 0.1) is 0 Å². The van der Waals surface area contributed by atoms with Gasteiger partial charge >= 0.3 is 6.18 Å². The maximum atomic E-state index is 13.6. The van der Waals surface area contributed by atoms with Gasteiger partial charge in [0.2, 0.25) is 0 Å². The van der Waals surface area contributed by atoms with Crippen LogP contribution in [0.1, 0.15) is 21.5 Å². The summed E-state index contributed by atoms with van der Waals surface area (Å²) in [6.07, 6.45) is -4.48. The van der Waals surface area contributed by atoms with E-state index in [9.17, 15) is 18.0 Å². The van der Waals surface area contributed by atoms with Crippen molar-refractivity contribution in [3.63, 3.8) is 0 Å². The van der Waals surface area contributed by atoms with Crippen LogP contribution in [0.5, 0.6) is 0 Å². The number of benzene rings is 2. The van der Waals surface area contributed by atoms with Crippen molar-refractivity contribution < 1.29 is 18.0 Å². The van der Waals surface area contributed by atoms with Gasteiger partial charge in [0.15, 0.2) is 0 Å². The first-order valence-corrected chi connectivity index (χ1v) is 8.80. The van der Waals surface area contributed by atoms with Crippen LogP contribution in [0.4, 0.5) is 18.9 Å². The number of rotatable bonds is 4. The number of carbonyl (C=O) groups excluding carboxylic acids is 1.